The van der Waals surface area contributed by atoms with Crippen LogP contribution in [0.25, 0.3) is 0 Å². The summed E-state index contributed by atoms with van der Waals surface area (Å²) in [6, 6.07) is 0.467. The van der Waals surface area contributed by atoms with Crippen LogP contribution in [0.3, 0.4) is 0 Å². The molecule has 2 aliphatic rings. The second kappa shape index (κ2) is 6.38. The third-order valence-corrected chi connectivity index (χ3v) is 5.64. The van der Waals surface area contributed by atoms with Crippen LogP contribution in [0.1, 0.15) is 69.7 Å². The number of carboxylic acid groups (broad SMARTS) is 1. The Bertz CT molecular complexity index is 505. The lowest BCUT2D eigenvalue weighted by Gasteiger charge is -2.30. The van der Waals surface area contributed by atoms with Crippen molar-refractivity contribution >= 4 is 17.7 Å². The lowest BCUT2D eigenvalue weighted by atomic mass is 9.84. The fraction of sp³-hybridized carbons (Fsp3) is 0.800. The van der Waals surface area contributed by atoms with Crippen molar-refractivity contribution in [2.24, 2.45) is 5.92 Å². The molecule has 1 aromatic rings. The first-order chi connectivity index (χ1) is 10.2. The van der Waals surface area contributed by atoms with E-state index in [2.05, 4.69) is 21.7 Å². The van der Waals surface area contributed by atoms with Crippen LogP contribution in [0.15, 0.2) is 5.16 Å². The van der Waals surface area contributed by atoms with Crippen LogP contribution in [-0.2, 0) is 4.79 Å². The smallest absolute Gasteiger partial charge is 0.313 e. The molecular weight excluding hydrogens is 286 g/mol. The molecule has 6 heteroatoms. The number of hydrogen-bond acceptors (Lipinski definition) is 4. The molecule has 3 rings (SSSR count). The van der Waals surface area contributed by atoms with Gasteiger partial charge in [-0.3, -0.25) is 4.79 Å². The van der Waals surface area contributed by atoms with E-state index in [1.54, 1.807) is 0 Å². The molecule has 5 nitrogen and oxygen atoms in total. The molecule has 0 bridgehead atoms. The molecule has 0 radical (unpaired) electrons. The molecule has 1 heterocycles. The third kappa shape index (κ3) is 3.42. The number of carbonyl (C=O) groups is 1. The zero-order valence-electron chi connectivity index (χ0n) is 12.5. The molecule has 2 aliphatic carbocycles. The highest BCUT2D eigenvalue weighted by Gasteiger charge is 2.34. The SMILES string of the molecule is CCC1CCC(n2c(SCC(=O)O)nnc2C2CC2)CC1. The minimum atomic E-state index is -0.794. The molecule has 2 saturated carbocycles. The summed E-state index contributed by atoms with van der Waals surface area (Å²) in [5.41, 5.74) is 0. The Balaban J connectivity index is 1.77. The van der Waals surface area contributed by atoms with Gasteiger partial charge in [0.2, 0.25) is 0 Å². The third-order valence-electron chi connectivity index (χ3n) is 4.72. The number of hydrogen-bond donors (Lipinski definition) is 1. The van der Waals surface area contributed by atoms with Crippen LogP contribution in [0.4, 0.5) is 0 Å². The van der Waals surface area contributed by atoms with E-state index < -0.39 is 5.97 Å². The van der Waals surface area contributed by atoms with Crippen molar-refractivity contribution in [1.82, 2.24) is 14.8 Å². The fourth-order valence-electron chi connectivity index (χ4n) is 3.29. The predicted molar refractivity (Wildman–Crippen MR) is 81.6 cm³/mol. The van der Waals surface area contributed by atoms with E-state index in [1.807, 2.05) is 0 Å². The molecule has 0 aliphatic heterocycles. The normalized spacial score (nSPS) is 26.0. The lowest BCUT2D eigenvalue weighted by Crippen LogP contribution is -2.20. The summed E-state index contributed by atoms with van der Waals surface area (Å²) in [4.78, 5) is 10.8. The zero-order chi connectivity index (χ0) is 14.8. The Kier molecular flexibility index (Phi) is 4.52. The lowest BCUT2D eigenvalue weighted by molar-refractivity contribution is -0.133. The molecule has 0 saturated heterocycles. The van der Waals surface area contributed by atoms with Gasteiger partial charge in [0.1, 0.15) is 5.82 Å². The number of aliphatic carboxylic acids is 1. The van der Waals surface area contributed by atoms with Crippen molar-refractivity contribution in [3.8, 4) is 0 Å². The molecule has 0 atom stereocenters. The van der Waals surface area contributed by atoms with Crippen molar-refractivity contribution in [2.45, 2.75) is 69.0 Å². The molecule has 1 aromatic heterocycles. The molecular formula is C15H23N3O2S. The van der Waals surface area contributed by atoms with E-state index in [0.717, 1.165) is 16.9 Å². The predicted octanol–water partition coefficient (Wildman–Crippen LogP) is 3.47. The number of thioether (sulfide) groups is 1. The average Bonchev–Trinajstić information content (AvgIpc) is 3.25. The van der Waals surface area contributed by atoms with Crippen LogP contribution in [0.2, 0.25) is 0 Å². The van der Waals surface area contributed by atoms with Crippen molar-refractivity contribution in [2.75, 3.05) is 5.75 Å². The minimum Gasteiger partial charge on any atom is -0.481 e. The van der Waals surface area contributed by atoms with Gasteiger partial charge in [0.05, 0.1) is 5.75 Å². The number of aromatic nitrogens is 3. The van der Waals surface area contributed by atoms with Crippen molar-refractivity contribution in [3.05, 3.63) is 5.82 Å². The fourth-order valence-corrected chi connectivity index (χ4v) is 4.02. The molecule has 21 heavy (non-hydrogen) atoms. The Morgan fingerprint density at radius 1 is 1.24 bits per heavy atom. The summed E-state index contributed by atoms with van der Waals surface area (Å²) >= 11 is 1.31. The van der Waals surface area contributed by atoms with Gasteiger partial charge in [-0.15, -0.1) is 10.2 Å². The van der Waals surface area contributed by atoms with Gasteiger partial charge in [0, 0.05) is 12.0 Å². The highest BCUT2D eigenvalue weighted by Crippen LogP contribution is 2.44. The first-order valence-corrected chi connectivity index (χ1v) is 8.97. The first kappa shape index (κ1) is 14.9. The van der Waals surface area contributed by atoms with Crippen molar-refractivity contribution in [3.63, 3.8) is 0 Å². The summed E-state index contributed by atoms with van der Waals surface area (Å²) in [6.07, 6.45) is 8.57. The summed E-state index contributed by atoms with van der Waals surface area (Å²) in [5.74, 6) is 1.78. The quantitative estimate of drug-likeness (QED) is 0.815. The van der Waals surface area contributed by atoms with Gasteiger partial charge in [-0.2, -0.15) is 0 Å². The van der Waals surface area contributed by atoms with E-state index >= 15 is 0 Å². The molecule has 0 unspecified atom stereocenters. The second-order valence-corrected chi connectivity index (χ2v) is 7.19. The maximum Gasteiger partial charge on any atom is 0.313 e. The van der Waals surface area contributed by atoms with Gasteiger partial charge in [-0.05, 0) is 44.4 Å². The largest absolute Gasteiger partial charge is 0.481 e. The molecule has 2 fully saturated rings. The molecule has 0 aromatic carbocycles. The minimum absolute atomic E-state index is 0.0626. The van der Waals surface area contributed by atoms with Crippen LogP contribution in [0.5, 0.6) is 0 Å². The van der Waals surface area contributed by atoms with E-state index in [-0.39, 0.29) is 5.75 Å². The standard InChI is InChI=1S/C15H23N3O2S/c1-2-10-3-7-12(8-4-10)18-14(11-5-6-11)16-17-15(18)21-9-13(19)20/h10-12H,2-9H2,1H3,(H,19,20). The number of carboxylic acids is 1. The maximum atomic E-state index is 10.8. The molecule has 0 amide bonds. The first-order valence-electron chi connectivity index (χ1n) is 7.98. The van der Waals surface area contributed by atoms with Gasteiger partial charge in [-0.1, -0.05) is 25.1 Å². The highest BCUT2D eigenvalue weighted by molar-refractivity contribution is 7.99. The average molecular weight is 309 g/mol. The molecule has 0 spiro atoms. The molecule has 1 N–H and O–H groups in total. The summed E-state index contributed by atoms with van der Waals surface area (Å²) in [6.45, 7) is 2.27. The van der Waals surface area contributed by atoms with Gasteiger partial charge < -0.3 is 9.67 Å². The Hall–Kier alpha value is -1.04. The van der Waals surface area contributed by atoms with Crippen LogP contribution >= 0.6 is 11.8 Å². The van der Waals surface area contributed by atoms with Crippen molar-refractivity contribution in [1.29, 1.82) is 0 Å². The Labute approximate surface area is 129 Å². The Morgan fingerprint density at radius 2 is 1.95 bits per heavy atom. The van der Waals surface area contributed by atoms with Crippen molar-refractivity contribution < 1.29 is 9.90 Å². The van der Waals surface area contributed by atoms with E-state index in [4.69, 9.17) is 5.11 Å². The number of rotatable bonds is 6. The van der Waals surface area contributed by atoms with Crippen LogP contribution < -0.4 is 0 Å². The molecule has 116 valence electrons. The van der Waals surface area contributed by atoms with Crippen LogP contribution in [0, 0.1) is 5.92 Å². The van der Waals surface area contributed by atoms with E-state index in [1.165, 1.54) is 56.7 Å². The summed E-state index contributed by atoms with van der Waals surface area (Å²) < 4.78 is 2.27. The van der Waals surface area contributed by atoms with Crippen LogP contribution in [-0.4, -0.2) is 31.6 Å². The zero-order valence-corrected chi connectivity index (χ0v) is 13.3. The second-order valence-electron chi connectivity index (χ2n) is 6.25. The monoisotopic (exact) mass is 309 g/mol. The van der Waals surface area contributed by atoms with Gasteiger partial charge in [0.25, 0.3) is 0 Å². The Morgan fingerprint density at radius 3 is 2.52 bits per heavy atom. The topological polar surface area (TPSA) is 68.0 Å². The maximum absolute atomic E-state index is 10.8. The summed E-state index contributed by atoms with van der Waals surface area (Å²) in [5, 5.41) is 18.3. The highest BCUT2D eigenvalue weighted by atomic mass is 32.2. The van der Waals surface area contributed by atoms with Gasteiger partial charge in [0.15, 0.2) is 5.16 Å². The number of nitrogens with zero attached hydrogens (tertiary/aromatic N) is 3. The van der Waals surface area contributed by atoms with E-state index in [9.17, 15) is 4.79 Å². The van der Waals surface area contributed by atoms with E-state index in [0.29, 0.717) is 12.0 Å². The van der Waals surface area contributed by atoms with Gasteiger partial charge >= 0.3 is 5.97 Å². The van der Waals surface area contributed by atoms with Gasteiger partial charge in [-0.25, -0.2) is 0 Å². The summed E-state index contributed by atoms with van der Waals surface area (Å²) in [7, 11) is 0.